The van der Waals surface area contributed by atoms with Crippen LogP contribution < -0.4 is 15.4 Å². The van der Waals surface area contributed by atoms with Crippen LogP contribution in [0.5, 0.6) is 5.75 Å². The molecule has 0 fully saturated rings. The maximum absolute atomic E-state index is 12.1. The fourth-order valence-electron chi connectivity index (χ4n) is 2.26. The Balaban J connectivity index is 2.23. The number of nitrogens with one attached hydrogen (secondary N) is 2. The van der Waals surface area contributed by atoms with Gasteiger partial charge in [0.15, 0.2) is 0 Å². The zero-order valence-electron chi connectivity index (χ0n) is 13.5. The topological polar surface area (TPSA) is 120 Å². The van der Waals surface area contributed by atoms with E-state index in [0.717, 1.165) is 6.07 Å². The number of nitro groups is 1. The summed E-state index contributed by atoms with van der Waals surface area (Å²) in [6, 6.07) is 2.71. The second kappa shape index (κ2) is 7.84. The largest absolute Gasteiger partial charge is 0.486 e. The number of nitrogens with zero attached hydrogens (tertiary/aromatic N) is 1. The van der Waals surface area contributed by atoms with E-state index < -0.39 is 23.0 Å². The Morgan fingerprint density at radius 3 is 2.76 bits per heavy atom. The molecule has 1 aliphatic heterocycles. The van der Waals surface area contributed by atoms with Gasteiger partial charge in [0.25, 0.3) is 5.69 Å². The molecule has 1 aromatic carbocycles. The van der Waals surface area contributed by atoms with Crippen LogP contribution in [0.2, 0.25) is 5.02 Å². The van der Waals surface area contributed by atoms with E-state index in [9.17, 15) is 19.7 Å². The average molecular weight is 370 g/mol. The zero-order chi connectivity index (χ0) is 18.6. The zero-order valence-corrected chi connectivity index (χ0v) is 14.3. The molecule has 0 saturated heterocycles. The molecular formula is C15H16ClN3O6. The Hall–Kier alpha value is -2.81. The second-order valence-corrected chi connectivity index (χ2v) is 5.50. The third-order valence-electron chi connectivity index (χ3n) is 3.36. The van der Waals surface area contributed by atoms with Crippen LogP contribution in [0.1, 0.15) is 13.8 Å². The van der Waals surface area contributed by atoms with Crippen molar-refractivity contribution in [3.05, 3.63) is 44.6 Å². The van der Waals surface area contributed by atoms with Gasteiger partial charge in [-0.25, -0.2) is 9.59 Å². The fourth-order valence-corrected chi connectivity index (χ4v) is 2.49. The molecule has 1 atom stereocenters. The Kier molecular flexibility index (Phi) is 5.81. The Morgan fingerprint density at radius 1 is 1.44 bits per heavy atom. The summed E-state index contributed by atoms with van der Waals surface area (Å²) in [4.78, 5) is 33.9. The molecule has 10 heteroatoms. The van der Waals surface area contributed by atoms with E-state index in [-0.39, 0.29) is 40.9 Å². The van der Waals surface area contributed by atoms with E-state index in [2.05, 4.69) is 10.6 Å². The van der Waals surface area contributed by atoms with Crippen molar-refractivity contribution >= 4 is 29.3 Å². The fraction of sp³-hybridized carbons (Fsp3) is 0.333. The quantitative estimate of drug-likeness (QED) is 0.450. The van der Waals surface area contributed by atoms with Crippen LogP contribution >= 0.6 is 11.6 Å². The molecule has 2 N–H and O–H groups in total. The van der Waals surface area contributed by atoms with Crippen molar-refractivity contribution in [2.24, 2.45) is 0 Å². The molecule has 1 aliphatic rings. The molecule has 0 spiro atoms. The third-order valence-corrected chi connectivity index (χ3v) is 3.66. The van der Waals surface area contributed by atoms with Gasteiger partial charge in [0.2, 0.25) is 0 Å². The molecule has 0 saturated carbocycles. The summed E-state index contributed by atoms with van der Waals surface area (Å²) in [6.07, 6.45) is 0. The molecule has 0 aliphatic carbocycles. The number of carbonyl (C=O) groups excluding carboxylic acids is 2. The van der Waals surface area contributed by atoms with Crippen molar-refractivity contribution in [3.8, 4) is 5.75 Å². The molecule has 9 nitrogen and oxygen atoms in total. The maximum atomic E-state index is 12.1. The van der Waals surface area contributed by atoms with Crippen LogP contribution in [0.15, 0.2) is 29.5 Å². The number of halogens is 1. The van der Waals surface area contributed by atoms with Crippen LogP contribution in [0.4, 0.5) is 10.5 Å². The van der Waals surface area contributed by atoms with E-state index >= 15 is 0 Å². The van der Waals surface area contributed by atoms with Crippen molar-refractivity contribution in [3.63, 3.8) is 0 Å². The van der Waals surface area contributed by atoms with Gasteiger partial charge in [-0.2, -0.15) is 0 Å². The molecule has 25 heavy (non-hydrogen) atoms. The lowest BCUT2D eigenvalue weighted by molar-refractivity contribution is -0.384. The maximum Gasteiger partial charge on any atom is 0.338 e. The number of hydrogen-bond acceptors (Lipinski definition) is 6. The van der Waals surface area contributed by atoms with Crippen LogP contribution in [0, 0.1) is 10.1 Å². The van der Waals surface area contributed by atoms with Gasteiger partial charge in [0, 0.05) is 12.1 Å². The van der Waals surface area contributed by atoms with Crippen molar-refractivity contribution in [1.29, 1.82) is 0 Å². The van der Waals surface area contributed by atoms with Crippen LogP contribution in [0.25, 0.3) is 0 Å². The molecule has 2 rings (SSSR count). The molecule has 1 heterocycles. The number of amides is 2. The van der Waals surface area contributed by atoms with Crippen molar-refractivity contribution in [2.75, 3.05) is 13.2 Å². The van der Waals surface area contributed by atoms with Gasteiger partial charge in [-0.15, -0.1) is 0 Å². The van der Waals surface area contributed by atoms with Crippen molar-refractivity contribution in [2.45, 2.75) is 19.9 Å². The molecule has 0 radical (unpaired) electrons. The number of non-ortho nitro benzene ring substituents is 1. The van der Waals surface area contributed by atoms with Gasteiger partial charge in [-0.05, 0) is 19.9 Å². The number of hydrogen-bond donors (Lipinski definition) is 2. The highest BCUT2D eigenvalue weighted by Crippen LogP contribution is 2.29. The molecule has 134 valence electrons. The number of nitro benzene ring substituents is 1. The second-order valence-electron chi connectivity index (χ2n) is 5.09. The van der Waals surface area contributed by atoms with Gasteiger partial charge >= 0.3 is 12.0 Å². The number of ether oxygens (including phenoxy) is 2. The summed E-state index contributed by atoms with van der Waals surface area (Å²) >= 11 is 5.96. The van der Waals surface area contributed by atoms with Gasteiger partial charge in [0.05, 0.1) is 33.9 Å². The first-order valence-corrected chi connectivity index (χ1v) is 7.75. The summed E-state index contributed by atoms with van der Waals surface area (Å²) in [5.74, 6) is -0.390. The lowest BCUT2D eigenvalue weighted by atomic mass is 10.0. The standard InChI is InChI=1S/C15H16ClN3O6/c1-3-24-14(20)13-8(2)17-15(21)18-11(13)7-25-12-5-4-9(19(22)23)6-10(12)16/h4-6,8H,3,7H2,1-2H3,(H2,17,18,21)/t8-/m0/s1. The van der Waals surface area contributed by atoms with Crippen molar-refractivity contribution < 1.29 is 24.0 Å². The number of urea groups is 1. The molecule has 0 aromatic heterocycles. The first kappa shape index (κ1) is 18.5. The lowest BCUT2D eigenvalue weighted by Gasteiger charge is -2.26. The van der Waals surface area contributed by atoms with E-state index in [1.54, 1.807) is 13.8 Å². The Morgan fingerprint density at radius 2 is 2.16 bits per heavy atom. The van der Waals surface area contributed by atoms with Gasteiger partial charge in [0.1, 0.15) is 12.4 Å². The minimum atomic E-state index is -0.578. The Labute approximate surface area is 148 Å². The van der Waals surface area contributed by atoms with Gasteiger partial charge in [-0.1, -0.05) is 11.6 Å². The van der Waals surface area contributed by atoms with E-state index in [4.69, 9.17) is 21.1 Å². The van der Waals surface area contributed by atoms with E-state index in [1.807, 2.05) is 0 Å². The summed E-state index contributed by atoms with van der Waals surface area (Å²) in [5.41, 5.74) is 0.302. The predicted molar refractivity (Wildman–Crippen MR) is 88.4 cm³/mol. The highest BCUT2D eigenvalue weighted by molar-refractivity contribution is 6.32. The molecular weight excluding hydrogens is 354 g/mol. The Bertz CT molecular complexity index is 749. The first-order chi connectivity index (χ1) is 11.8. The highest BCUT2D eigenvalue weighted by atomic mass is 35.5. The third kappa shape index (κ3) is 4.38. The van der Waals surface area contributed by atoms with Gasteiger partial charge in [-0.3, -0.25) is 10.1 Å². The monoisotopic (exact) mass is 369 g/mol. The number of rotatable bonds is 6. The van der Waals surface area contributed by atoms with Crippen LogP contribution in [-0.2, 0) is 9.53 Å². The SMILES string of the molecule is CCOC(=O)C1=C(COc2ccc([N+](=O)[O-])cc2Cl)NC(=O)N[C@H]1C. The number of benzene rings is 1. The normalized spacial score (nSPS) is 16.8. The minimum Gasteiger partial charge on any atom is -0.486 e. The predicted octanol–water partition coefficient (Wildman–Crippen LogP) is 2.15. The highest BCUT2D eigenvalue weighted by Gasteiger charge is 2.30. The molecule has 1 aromatic rings. The smallest absolute Gasteiger partial charge is 0.338 e. The van der Waals surface area contributed by atoms with E-state index in [1.165, 1.54) is 12.1 Å². The summed E-state index contributed by atoms with van der Waals surface area (Å²) in [5, 5.41) is 15.8. The summed E-state index contributed by atoms with van der Waals surface area (Å²) in [6.45, 7) is 3.34. The van der Waals surface area contributed by atoms with Crippen molar-refractivity contribution in [1.82, 2.24) is 10.6 Å². The summed E-state index contributed by atoms with van der Waals surface area (Å²) in [7, 11) is 0. The average Bonchev–Trinajstić information content (AvgIpc) is 2.53. The molecule has 0 unspecified atom stereocenters. The number of esters is 1. The molecule has 2 amide bonds. The lowest BCUT2D eigenvalue weighted by Crippen LogP contribution is -2.50. The van der Waals surface area contributed by atoms with E-state index in [0.29, 0.717) is 0 Å². The first-order valence-electron chi connectivity index (χ1n) is 7.37. The van der Waals surface area contributed by atoms with Crippen LogP contribution in [0.3, 0.4) is 0 Å². The minimum absolute atomic E-state index is 0.0424. The molecule has 0 bridgehead atoms. The summed E-state index contributed by atoms with van der Waals surface area (Å²) < 4.78 is 10.5. The number of carbonyl (C=O) groups is 2. The van der Waals surface area contributed by atoms with Gasteiger partial charge < -0.3 is 20.1 Å². The van der Waals surface area contributed by atoms with Crippen LogP contribution in [-0.4, -0.2) is 36.2 Å².